The Morgan fingerprint density at radius 1 is 1.24 bits per heavy atom. The Hall–Kier alpha value is -1.65. The lowest BCUT2D eigenvalue weighted by molar-refractivity contribution is -0.132. The zero-order chi connectivity index (χ0) is 16.3. The van der Waals surface area contributed by atoms with Gasteiger partial charge in [-0.15, -0.1) is 0 Å². The molecule has 6 atom stereocenters. The van der Waals surface area contributed by atoms with Crippen LogP contribution < -0.4 is 4.90 Å². The highest BCUT2D eigenvalue weighted by molar-refractivity contribution is 5.99. The zero-order valence-electron chi connectivity index (χ0n) is 14.2. The van der Waals surface area contributed by atoms with Gasteiger partial charge >= 0.3 is 0 Å². The van der Waals surface area contributed by atoms with E-state index in [0.717, 1.165) is 6.54 Å². The maximum atomic E-state index is 13.2. The Morgan fingerprint density at radius 2 is 2.16 bits per heavy atom. The number of hydrogen-bond donors (Lipinski definition) is 0. The van der Waals surface area contributed by atoms with E-state index in [1.807, 2.05) is 0 Å². The van der Waals surface area contributed by atoms with Crippen LogP contribution in [0.4, 0.5) is 5.69 Å². The summed E-state index contributed by atoms with van der Waals surface area (Å²) in [7, 11) is 0. The topological polar surface area (TPSA) is 32.8 Å². The molecule has 1 amide bonds. The van der Waals surface area contributed by atoms with E-state index in [9.17, 15) is 4.79 Å². The van der Waals surface area contributed by atoms with Crippen molar-refractivity contribution in [3.8, 4) is 0 Å². The molecule has 1 aliphatic carbocycles. The highest BCUT2D eigenvalue weighted by atomic mass is 16.5. The molecular weight excluding hydrogens is 312 g/mol. The summed E-state index contributed by atoms with van der Waals surface area (Å²) in [6.45, 7) is 2.97. The minimum atomic E-state index is 0.104. The maximum Gasteiger partial charge on any atom is 0.229 e. The Kier molecular flexibility index (Phi) is 2.27. The van der Waals surface area contributed by atoms with Crippen LogP contribution in [-0.4, -0.2) is 48.7 Å². The molecule has 4 nitrogen and oxygen atoms in total. The van der Waals surface area contributed by atoms with Gasteiger partial charge in [-0.1, -0.05) is 29.8 Å². The molecule has 128 valence electrons. The number of amides is 1. The van der Waals surface area contributed by atoms with Crippen LogP contribution in [0.2, 0.25) is 0 Å². The van der Waals surface area contributed by atoms with Crippen LogP contribution in [0.1, 0.15) is 24.8 Å². The molecule has 0 aromatic heterocycles. The van der Waals surface area contributed by atoms with Gasteiger partial charge in [0.05, 0.1) is 25.2 Å². The second-order valence-electron chi connectivity index (χ2n) is 8.78. The number of rotatable bonds is 0. The Balaban J connectivity index is 1.55. The first-order valence-electron chi connectivity index (χ1n) is 9.75. The molecule has 3 saturated heterocycles. The van der Waals surface area contributed by atoms with Crippen LogP contribution >= 0.6 is 0 Å². The molecular formula is C21H22N2O2. The third kappa shape index (κ3) is 1.33. The Labute approximate surface area is 147 Å². The molecule has 25 heavy (non-hydrogen) atoms. The van der Waals surface area contributed by atoms with Gasteiger partial charge in [-0.05, 0) is 36.9 Å². The monoisotopic (exact) mass is 334 g/mol. The number of ether oxygens (including phenoxy) is 1. The quantitative estimate of drug-likeness (QED) is 0.681. The minimum Gasteiger partial charge on any atom is -0.373 e. The fourth-order valence-corrected chi connectivity index (χ4v) is 7.51. The lowest BCUT2D eigenvalue weighted by atomic mass is 9.53. The van der Waals surface area contributed by atoms with Crippen molar-refractivity contribution in [3.63, 3.8) is 0 Å². The predicted octanol–water partition coefficient (Wildman–Crippen LogP) is 2.09. The SMILES string of the molecule is O=C1C[C@@H]2OCC=C3CN4CCC56c7ccccc7N1C5[C@H]2C3CC46. The van der Waals surface area contributed by atoms with Gasteiger partial charge in [-0.3, -0.25) is 9.69 Å². The summed E-state index contributed by atoms with van der Waals surface area (Å²) in [5.74, 6) is 1.35. The number of hydrogen-bond acceptors (Lipinski definition) is 3. The maximum absolute atomic E-state index is 13.2. The first-order valence-corrected chi connectivity index (χ1v) is 9.75. The summed E-state index contributed by atoms with van der Waals surface area (Å²) in [5, 5.41) is 0. The molecule has 1 aromatic carbocycles. The fraction of sp³-hybridized carbons (Fsp3) is 0.571. The van der Waals surface area contributed by atoms with Crippen molar-refractivity contribution >= 4 is 11.6 Å². The van der Waals surface area contributed by atoms with Crippen molar-refractivity contribution in [3.05, 3.63) is 41.5 Å². The van der Waals surface area contributed by atoms with Crippen molar-refractivity contribution in [1.82, 2.24) is 4.90 Å². The lowest BCUT2D eigenvalue weighted by Gasteiger charge is -2.58. The van der Waals surface area contributed by atoms with Crippen molar-refractivity contribution in [2.24, 2.45) is 11.8 Å². The molecule has 2 bridgehead atoms. The highest BCUT2D eigenvalue weighted by Crippen LogP contribution is 2.65. The van der Waals surface area contributed by atoms with Crippen LogP contribution in [0, 0.1) is 11.8 Å². The van der Waals surface area contributed by atoms with Gasteiger partial charge in [0.1, 0.15) is 0 Å². The van der Waals surface area contributed by atoms with Crippen LogP contribution in [0.3, 0.4) is 0 Å². The lowest BCUT2D eigenvalue weighted by Crippen LogP contribution is -2.69. The Morgan fingerprint density at radius 3 is 3.12 bits per heavy atom. The van der Waals surface area contributed by atoms with Crippen LogP contribution in [0.15, 0.2) is 35.9 Å². The van der Waals surface area contributed by atoms with E-state index in [4.69, 9.17) is 4.74 Å². The van der Waals surface area contributed by atoms with E-state index in [2.05, 4.69) is 40.1 Å². The molecule has 4 heteroatoms. The average Bonchev–Trinajstić information content (AvgIpc) is 3.10. The highest BCUT2D eigenvalue weighted by Gasteiger charge is 2.70. The van der Waals surface area contributed by atoms with E-state index in [0.29, 0.717) is 36.9 Å². The molecule has 6 aliphatic rings. The number of carbonyl (C=O) groups excluding carboxylic acids is 1. The third-order valence-electron chi connectivity index (χ3n) is 8.22. The standard InChI is InChI=1S/C21H22N2O2/c24-18-10-16-19-13-9-17-21(6-7-22(17)11-12(13)5-8-25-16)14-3-1-2-4-15(14)23(18)20(19)21/h1-5,13,16-17,19-20H,6-11H2/t13?,16-,17?,19-,20?,21?/m0/s1. The number of nitrogens with zero attached hydrogens (tertiary/aromatic N) is 2. The summed E-state index contributed by atoms with van der Waals surface area (Å²) >= 11 is 0. The van der Waals surface area contributed by atoms with Gasteiger partial charge in [0, 0.05) is 29.6 Å². The molecule has 5 heterocycles. The number of para-hydroxylation sites is 1. The van der Waals surface area contributed by atoms with Crippen molar-refractivity contribution in [1.29, 1.82) is 0 Å². The molecule has 4 unspecified atom stereocenters. The van der Waals surface area contributed by atoms with Gasteiger partial charge in [0.25, 0.3) is 0 Å². The molecule has 1 aromatic rings. The minimum absolute atomic E-state index is 0.104. The molecule has 0 radical (unpaired) electrons. The molecule has 4 fully saturated rings. The summed E-state index contributed by atoms with van der Waals surface area (Å²) in [5.41, 5.74) is 4.35. The van der Waals surface area contributed by atoms with Gasteiger partial charge in [-0.25, -0.2) is 0 Å². The second-order valence-corrected chi connectivity index (χ2v) is 8.78. The van der Waals surface area contributed by atoms with Crippen LogP contribution in [-0.2, 0) is 14.9 Å². The van der Waals surface area contributed by atoms with Crippen LogP contribution in [0.25, 0.3) is 0 Å². The summed E-state index contributed by atoms with van der Waals surface area (Å²) in [6.07, 6.45) is 5.43. The first kappa shape index (κ1) is 13.5. The van der Waals surface area contributed by atoms with E-state index in [1.165, 1.54) is 30.6 Å². The molecule has 0 N–H and O–H groups in total. The molecule has 5 aliphatic heterocycles. The van der Waals surface area contributed by atoms with E-state index in [1.54, 1.807) is 5.57 Å². The van der Waals surface area contributed by atoms with Gasteiger partial charge in [0.2, 0.25) is 5.91 Å². The largest absolute Gasteiger partial charge is 0.373 e. The third-order valence-corrected chi connectivity index (χ3v) is 8.22. The van der Waals surface area contributed by atoms with E-state index in [-0.39, 0.29) is 17.4 Å². The zero-order valence-corrected chi connectivity index (χ0v) is 14.2. The molecule has 1 spiro atoms. The van der Waals surface area contributed by atoms with Gasteiger partial charge < -0.3 is 9.64 Å². The predicted molar refractivity (Wildman–Crippen MR) is 93.4 cm³/mol. The first-order chi connectivity index (χ1) is 12.3. The fourth-order valence-electron chi connectivity index (χ4n) is 7.51. The molecule has 1 saturated carbocycles. The number of fused-ring (bicyclic) bond motifs is 2. The van der Waals surface area contributed by atoms with E-state index >= 15 is 0 Å². The normalized spacial score (nSPS) is 45.9. The van der Waals surface area contributed by atoms with Crippen LogP contribution in [0.5, 0.6) is 0 Å². The number of anilines is 1. The molecule has 7 rings (SSSR count). The number of carbonyl (C=O) groups is 1. The second kappa shape index (κ2) is 4.18. The van der Waals surface area contributed by atoms with Crippen molar-refractivity contribution in [2.75, 3.05) is 24.6 Å². The summed E-state index contributed by atoms with van der Waals surface area (Å²) in [6, 6.07) is 9.64. The summed E-state index contributed by atoms with van der Waals surface area (Å²) in [4.78, 5) is 18.1. The van der Waals surface area contributed by atoms with E-state index < -0.39 is 0 Å². The summed E-state index contributed by atoms with van der Waals surface area (Å²) < 4.78 is 6.25. The van der Waals surface area contributed by atoms with Crippen molar-refractivity contribution < 1.29 is 9.53 Å². The van der Waals surface area contributed by atoms with Gasteiger partial charge in [0.15, 0.2) is 0 Å². The smallest absolute Gasteiger partial charge is 0.229 e. The Bertz CT molecular complexity index is 848. The average molecular weight is 334 g/mol. The van der Waals surface area contributed by atoms with Gasteiger partial charge in [-0.2, -0.15) is 0 Å². The number of benzene rings is 1. The number of piperidine rings is 2. The van der Waals surface area contributed by atoms with Crippen molar-refractivity contribution in [2.45, 2.75) is 42.9 Å².